The van der Waals surface area contributed by atoms with Gasteiger partial charge in [-0.25, -0.2) is 9.78 Å². The molecular weight excluding hydrogens is 228 g/mol. The maximum absolute atomic E-state index is 11.9. The summed E-state index contributed by atoms with van der Waals surface area (Å²) in [5, 5.41) is 5.18. The lowest BCUT2D eigenvalue weighted by Gasteiger charge is -1.97. The number of fused-ring (bicyclic) bond motifs is 3. The Morgan fingerprint density at radius 2 is 2.11 bits per heavy atom. The third kappa shape index (κ3) is 1.68. The lowest BCUT2D eigenvalue weighted by atomic mass is 10.1. The molecule has 0 atom stereocenters. The summed E-state index contributed by atoms with van der Waals surface area (Å²) in [7, 11) is 0. The average molecular weight is 242 g/mol. The number of H-pyrrole nitrogens is 1. The minimum atomic E-state index is -0.244. The molecule has 5 nitrogen and oxygen atoms in total. The maximum atomic E-state index is 11.9. The highest BCUT2D eigenvalue weighted by molar-refractivity contribution is 5.90. The van der Waals surface area contributed by atoms with Gasteiger partial charge in [-0.05, 0) is 18.1 Å². The largest absolute Gasteiger partial charge is 0.348 e. The molecule has 2 aromatic heterocycles. The third-order valence-electron chi connectivity index (χ3n) is 2.84. The summed E-state index contributed by atoms with van der Waals surface area (Å²) in [6.45, 7) is 4.21. The summed E-state index contributed by atoms with van der Waals surface area (Å²) in [5.74, 6) is 1.18. The Balaban J connectivity index is 2.34. The fraction of sp³-hybridized carbons (Fsp3) is 0.308. The highest BCUT2D eigenvalue weighted by atomic mass is 16.1. The van der Waals surface area contributed by atoms with Gasteiger partial charge in [0.2, 0.25) is 0 Å². The van der Waals surface area contributed by atoms with Crippen LogP contribution in [0.4, 0.5) is 0 Å². The zero-order valence-corrected chi connectivity index (χ0v) is 10.3. The standard InChI is InChI=1S/C13H14N4O/c1-8(2)7-11-15-12-9-5-3-4-6-10(9)14-13(18)17(12)16-11/h3-6,8H,7H2,1-2H3,(H,14,18). The van der Waals surface area contributed by atoms with Crippen LogP contribution in [0.15, 0.2) is 29.1 Å². The number of rotatable bonds is 2. The Labute approximate surface area is 103 Å². The number of para-hydroxylation sites is 1. The minimum Gasteiger partial charge on any atom is -0.305 e. The van der Waals surface area contributed by atoms with Crippen molar-refractivity contribution in [2.75, 3.05) is 0 Å². The van der Waals surface area contributed by atoms with Crippen LogP contribution >= 0.6 is 0 Å². The quantitative estimate of drug-likeness (QED) is 0.745. The molecule has 2 heterocycles. The summed E-state index contributed by atoms with van der Waals surface area (Å²) in [4.78, 5) is 19.2. The van der Waals surface area contributed by atoms with Gasteiger partial charge >= 0.3 is 5.69 Å². The lowest BCUT2D eigenvalue weighted by Crippen LogP contribution is -2.17. The Hall–Kier alpha value is -2.17. The van der Waals surface area contributed by atoms with Crippen LogP contribution in [0, 0.1) is 5.92 Å². The number of aromatic nitrogens is 4. The minimum absolute atomic E-state index is 0.244. The molecule has 0 fully saturated rings. The van der Waals surface area contributed by atoms with Crippen LogP contribution in [0.3, 0.4) is 0 Å². The molecule has 92 valence electrons. The Kier molecular flexibility index (Phi) is 2.40. The summed E-state index contributed by atoms with van der Waals surface area (Å²) >= 11 is 0. The molecule has 5 heteroatoms. The first-order valence-electron chi connectivity index (χ1n) is 6.02. The molecule has 18 heavy (non-hydrogen) atoms. The Morgan fingerprint density at radius 1 is 1.33 bits per heavy atom. The normalized spacial score (nSPS) is 11.7. The van der Waals surface area contributed by atoms with E-state index in [0.717, 1.165) is 17.3 Å². The first kappa shape index (κ1) is 11.0. The van der Waals surface area contributed by atoms with E-state index in [1.165, 1.54) is 4.52 Å². The van der Waals surface area contributed by atoms with Crippen molar-refractivity contribution in [2.24, 2.45) is 5.92 Å². The van der Waals surface area contributed by atoms with Gasteiger partial charge < -0.3 is 4.98 Å². The molecule has 1 aromatic carbocycles. The highest BCUT2D eigenvalue weighted by Crippen LogP contribution is 2.15. The van der Waals surface area contributed by atoms with Gasteiger partial charge in [0.25, 0.3) is 0 Å². The van der Waals surface area contributed by atoms with E-state index >= 15 is 0 Å². The molecule has 0 aliphatic rings. The molecule has 3 rings (SSSR count). The van der Waals surface area contributed by atoms with E-state index < -0.39 is 0 Å². The second kappa shape index (κ2) is 3.94. The monoisotopic (exact) mass is 242 g/mol. The number of nitrogens with zero attached hydrogens (tertiary/aromatic N) is 3. The number of nitrogens with one attached hydrogen (secondary N) is 1. The van der Waals surface area contributed by atoms with Crippen molar-refractivity contribution < 1.29 is 0 Å². The first-order valence-corrected chi connectivity index (χ1v) is 6.02. The number of aromatic amines is 1. The van der Waals surface area contributed by atoms with E-state index in [4.69, 9.17) is 0 Å². The van der Waals surface area contributed by atoms with Crippen molar-refractivity contribution in [3.63, 3.8) is 0 Å². The molecule has 0 radical (unpaired) electrons. The van der Waals surface area contributed by atoms with Crippen LogP contribution in [0.1, 0.15) is 19.7 Å². The van der Waals surface area contributed by atoms with Crippen LogP contribution in [0.25, 0.3) is 16.6 Å². The summed E-state index contributed by atoms with van der Waals surface area (Å²) < 4.78 is 1.35. The highest BCUT2D eigenvalue weighted by Gasteiger charge is 2.11. The maximum Gasteiger partial charge on any atom is 0.348 e. The van der Waals surface area contributed by atoms with Crippen LogP contribution in [0.5, 0.6) is 0 Å². The number of benzene rings is 1. The van der Waals surface area contributed by atoms with E-state index in [1.807, 2.05) is 24.3 Å². The van der Waals surface area contributed by atoms with Crippen LogP contribution in [-0.2, 0) is 6.42 Å². The van der Waals surface area contributed by atoms with Crippen molar-refractivity contribution in [1.82, 2.24) is 19.6 Å². The van der Waals surface area contributed by atoms with Gasteiger partial charge in [-0.15, -0.1) is 5.10 Å². The molecular formula is C13H14N4O. The topological polar surface area (TPSA) is 63.0 Å². The van der Waals surface area contributed by atoms with Gasteiger partial charge in [0.15, 0.2) is 11.5 Å². The summed E-state index contributed by atoms with van der Waals surface area (Å²) in [5.41, 5.74) is 1.18. The van der Waals surface area contributed by atoms with E-state index in [-0.39, 0.29) is 5.69 Å². The molecule has 0 unspecified atom stereocenters. The third-order valence-corrected chi connectivity index (χ3v) is 2.84. The van der Waals surface area contributed by atoms with Crippen molar-refractivity contribution >= 4 is 16.6 Å². The van der Waals surface area contributed by atoms with E-state index in [9.17, 15) is 4.79 Å². The van der Waals surface area contributed by atoms with Gasteiger partial charge in [-0.1, -0.05) is 26.0 Å². The second-order valence-corrected chi connectivity index (χ2v) is 4.84. The molecule has 0 amide bonds. The summed E-state index contributed by atoms with van der Waals surface area (Å²) in [6.07, 6.45) is 0.773. The van der Waals surface area contributed by atoms with E-state index in [1.54, 1.807) is 0 Å². The molecule has 0 bridgehead atoms. The lowest BCUT2D eigenvalue weighted by molar-refractivity contribution is 0.618. The number of hydrogen-bond acceptors (Lipinski definition) is 3. The van der Waals surface area contributed by atoms with Crippen LogP contribution in [0.2, 0.25) is 0 Å². The van der Waals surface area contributed by atoms with Crippen molar-refractivity contribution in [2.45, 2.75) is 20.3 Å². The van der Waals surface area contributed by atoms with Gasteiger partial charge in [-0.2, -0.15) is 4.52 Å². The van der Waals surface area contributed by atoms with Gasteiger partial charge in [0, 0.05) is 11.8 Å². The Bertz CT molecular complexity index is 769. The SMILES string of the molecule is CC(C)Cc1nc2c3ccccc3[nH]c(=O)n2n1. The molecule has 0 spiro atoms. The fourth-order valence-electron chi connectivity index (χ4n) is 2.08. The average Bonchev–Trinajstić information content (AvgIpc) is 2.73. The second-order valence-electron chi connectivity index (χ2n) is 4.84. The molecule has 1 N–H and O–H groups in total. The van der Waals surface area contributed by atoms with Crippen molar-refractivity contribution in [3.8, 4) is 0 Å². The first-order chi connectivity index (χ1) is 8.65. The number of hydrogen-bond donors (Lipinski definition) is 1. The predicted molar refractivity (Wildman–Crippen MR) is 69.7 cm³/mol. The molecule has 0 saturated carbocycles. The zero-order chi connectivity index (χ0) is 12.7. The van der Waals surface area contributed by atoms with Gasteiger partial charge in [0.1, 0.15) is 0 Å². The summed E-state index contributed by atoms with van der Waals surface area (Å²) in [6, 6.07) is 7.62. The molecule has 0 aliphatic heterocycles. The molecule has 0 aliphatic carbocycles. The predicted octanol–water partition coefficient (Wildman–Crippen LogP) is 1.77. The Morgan fingerprint density at radius 3 is 2.89 bits per heavy atom. The van der Waals surface area contributed by atoms with Gasteiger partial charge in [0.05, 0.1) is 5.52 Å². The van der Waals surface area contributed by atoms with E-state index in [2.05, 4.69) is 28.9 Å². The van der Waals surface area contributed by atoms with Gasteiger partial charge in [-0.3, -0.25) is 0 Å². The molecule has 3 aromatic rings. The van der Waals surface area contributed by atoms with Crippen molar-refractivity contribution in [3.05, 3.63) is 40.6 Å². The van der Waals surface area contributed by atoms with E-state index in [0.29, 0.717) is 17.4 Å². The van der Waals surface area contributed by atoms with Crippen LogP contribution in [-0.4, -0.2) is 19.6 Å². The zero-order valence-electron chi connectivity index (χ0n) is 10.3. The smallest absolute Gasteiger partial charge is 0.305 e. The van der Waals surface area contributed by atoms with Crippen molar-refractivity contribution in [1.29, 1.82) is 0 Å². The molecule has 0 saturated heterocycles. The fourth-order valence-corrected chi connectivity index (χ4v) is 2.08. The van der Waals surface area contributed by atoms with Crippen LogP contribution < -0.4 is 5.69 Å².